The standard InChI is InChI=1S/C14H21FN2/c1-2-3-11-4-6-12(7-5-11)17-13-8-9-16-14(15)10-13/h8-12H,2-7H2,1H3,(H,16,17). The highest BCUT2D eigenvalue weighted by Gasteiger charge is 2.20. The lowest BCUT2D eigenvalue weighted by Gasteiger charge is -2.29. The van der Waals surface area contributed by atoms with Crippen LogP contribution in [0.1, 0.15) is 45.4 Å². The predicted molar refractivity (Wildman–Crippen MR) is 68.5 cm³/mol. The van der Waals surface area contributed by atoms with E-state index in [2.05, 4.69) is 17.2 Å². The molecule has 17 heavy (non-hydrogen) atoms. The molecule has 0 aromatic carbocycles. The first-order chi connectivity index (χ1) is 8.28. The Kier molecular flexibility index (Phi) is 4.35. The van der Waals surface area contributed by atoms with Gasteiger partial charge in [-0.25, -0.2) is 4.98 Å². The van der Waals surface area contributed by atoms with Crippen LogP contribution in [0.25, 0.3) is 0 Å². The van der Waals surface area contributed by atoms with E-state index < -0.39 is 5.95 Å². The van der Waals surface area contributed by atoms with E-state index in [1.165, 1.54) is 50.8 Å². The van der Waals surface area contributed by atoms with Crippen molar-refractivity contribution in [3.8, 4) is 0 Å². The van der Waals surface area contributed by atoms with Crippen molar-refractivity contribution in [1.82, 2.24) is 4.98 Å². The Hall–Kier alpha value is -1.12. The van der Waals surface area contributed by atoms with Gasteiger partial charge < -0.3 is 5.32 Å². The van der Waals surface area contributed by atoms with Crippen molar-refractivity contribution in [2.24, 2.45) is 5.92 Å². The molecule has 1 fully saturated rings. The Labute approximate surface area is 103 Å². The summed E-state index contributed by atoms with van der Waals surface area (Å²) in [6, 6.07) is 3.81. The van der Waals surface area contributed by atoms with Crippen molar-refractivity contribution in [2.45, 2.75) is 51.5 Å². The summed E-state index contributed by atoms with van der Waals surface area (Å²) in [7, 11) is 0. The number of halogens is 1. The summed E-state index contributed by atoms with van der Waals surface area (Å²) < 4.78 is 12.9. The molecule has 0 atom stereocenters. The van der Waals surface area contributed by atoms with Crippen molar-refractivity contribution in [1.29, 1.82) is 0 Å². The molecule has 1 aliphatic carbocycles. The van der Waals surface area contributed by atoms with Crippen LogP contribution in [-0.2, 0) is 0 Å². The van der Waals surface area contributed by atoms with E-state index >= 15 is 0 Å². The third-order valence-corrected chi connectivity index (χ3v) is 3.64. The third kappa shape index (κ3) is 3.69. The number of nitrogens with zero attached hydrogens (tertiary/aromatic N) is 1. The molecule has 0 saturated heterocycles. The Morgan fingerprint density at radius 1 is 1.35 bits per heavy atom. The first-order valence-electron chi connectivity index (χ1n) is 6.66. The Balaban J connectivity index is 1.82. The number of aromatic nitrogens is 1. The molecule has 3 heteroatoms. The van der Waals surface area contributed by atoms with Crippen LogP contribution in [0.5, 0.6) is 0 Å². The van der Waals surface area contributed by atoms with Gasteiger partial charge in [0.1, 0.15) is 0 Å². The molecule has 0 bridgehead atoms. The van der Waals surface area contributed by atoms with Crippen molar-refractivity contribution < 1.29 is 4.39 Å². The number of hydrogen-bond donors (Lipinski definition) is 1. The second-order valence-electron chi connectivity index (χ2n) is 5.02. The van der Waals surface area contributed by atoms with E-state index in [1.807, 2.05) is 6.07 Å². The molecular formula is C14H21FN2. The average molecular weight is 236 g/mol. The molecule has 1 aromatic rings. The molecule has 0 unspecified atom stereocenters. The minimum absolute atomic E-state index is 0.408. The summed E-state index contributed by atoms with van der Waals surface area (Å²) in [6.07, 6.45) is 9.18. The van der Waals surface area contributed by atoms with Crippen molar-refractivity contribution in [3.05, 3.63) is 24.3 Å². The first kappa shape index (κ1) is 12.3. The topological polar surface area (TPSA) is 24.9 Å². The molecule has 1 saturated carbocycles. The zero-order valence-corrected chi connectivity index (χ0v) is 10.5. The molecule has 1 aromatic heterocycles. The van der Waals surface area contributed by atoms with Gasteiger partial charge in [-0.3, -0.25) is 0 Å². The maximum Gasteiger partial charge on any atom is 0.214 e. The van der Waals surface area contributed by atoms with Gasteiger partial charge in [0.25, 0.3) is 0 Å². The maximum atomic E-state index is 12.9. The van der Waals surface area contributed by atoms with Crippen LogP contribution in [0.15, 0.2) is 18.3 Å². The zero-order valence-electron chi connectivity index (χ0n) is 10.5. The van der Waals surface area contributed by atoms with Gasteiger partial charge in [-0.05, 0) is 37.7 Å². The molecule has 94 valence electrons. The van der Waals surface area contributed by atoms with Crippen LogP contribution in [0, 0.1) is 11.9 Å². The second kappa shape index (κ2) is 5.99. The molecule has 2 rings (SSSR count). The number of anilines is 1. The highest BCUT2D eigenvalue weighted by atomic mass is 19.1. The number of nitrogens with one attached hydrogen (secondary N) is 1. The van der Waals surface area contributed by atoms with Crippen LogP contribution in [0.2, 0.25) is 0 Å². The molecule has 0 spiro atoms. The van der Waals surface area contributed by atoms with Gasteiger partial charge in [-0.1, -0.05) is 19.8 Å². The highest BCUT2D eigenvalue weighted by Crippen LogP contribution is 2.29. The minimum atomic E-state index is -0.408. The minimum Gasteiger partial charge on any atom is -0.382 e. The number of hydrogen-bond acceptors (Lipinski definition) is 2. The SMILES string of the molecule is CCCC1CCC(Nc2ccnc(F)c2)CC1. The van der Waals surface area contributed by atoms with E-state index in [-0.39, 0.29) is 0 Å². The molecule has 0 amide bonds. The molecular weight excluding hydrogens is 215 g/mol. The summed E-state index contributed by atoms with van der Waals surface area (Å²) in [5.74, 6) is 0.502. The quantitative estimate of drug-likeness (QED) is 0.799. The Morgan fingerprint density at radius 2 is 2.12 bits per heavy atom. The van der Waals surface area contributed by atoms with E-state index in [0.29, 0.717) is 6.04 Å². The molecule has 1 heterocycles. The zero-order chi connectivity index (χ0) is 12.1. The number of rotatable bonds is 4. The molecule has 2 nitrogen and oxygen atoms in total. The largest absolute Gasteiger partial charge is 0.382 e. The monoisotopic (exact) mass is 236 g/mol. The van der Waals surface area contributed by atoms with E-state index in [1.54, 1.807) is 0 Å². The van der Waals surface area contributed by atoms with Crippen molar-refractivity contribution in [2.75, 3.05) is 5.32 Å². The van der Waals surface area contributed by atoms with Crippen LogP contribution in [-0.4, -0.2) is 11.0 Å². The lowest BCUT2D eigenvalue weighted by atomic mass is 9.83. The lowest BCUT2D eigenvalue weighted by molar-refractivity contribution is 0.319. The Bertz CT molecular complexity index is 346. The smallest absolute Gasteiger partial charge is 0.214 e. The van der Waals surface area contributed by atoms with E-state index in [4.69, 9.17) is 0 Å². The van der Waals surface area contributed by atoms with Crippen LogP contribution in [0.4, 0.5) is 10.1 Å². The van der Waals surface area contributed by atoms with Crippen molar-refractivity contribution >= 4 is 5.69 Å². The Morgan fingerprint density at radius 3 is 2.76 bits per heavy atom. The summed E-state index contributed by atoms with van der Waals surface area (Å²) >= 11 is 0. The fourth-order valence-electron chi connectivity index (χ4n) is 2.73. The van der Waals surface area contributed by atoms with Crippen LogP contribution >= 0.6 is 0 Å². The van der Waals surface area contributed by atoms with E-state index in [0.717, 1.165) is 11.6 Å². The van der Waals surface area contributed by atoms with Crippen LogP contribution < -0.4 is 5.32 Å². The van der Waals surface area contributed by atoms with Gasteiger partial charge in [0.05, 0.1) is 0 Å². The fourth-order valence-corrected chi connectivity index (χ4v) is 2.73. The predicted octanol–water partition coefficient (Wildman–Crippen LogP) is 3.99. The molecule has 0 aliphatic heterocycles. The summed E-state index contributed by atoms with van der Waals surface area (Å²) in [4.78, 5) is 3.56. The summed E-state index contributed by atoms with van der Waals surface area (Å²) in [5, 5.41) is 3.40. The summed E-state index contributed by atoms with van der Waals surface area (Å²) in [5.41, 5.74) is 0.858. The van der Waals surface area contributed by atoms with Gasteiger partial charge in [0.2, 0.25) is 5.95 Å². The van der Waals surface area contributed by atoms with Crippen LogP contribution in [0.3, 0.4) is 0 Å². The fraction of sp³-hybridized carbons (Fsp3) is 0.643. The lowest BCUT2D eigenvalue weighted by Crippen LogP contribution is -2.26. The highest BCUT2D eigenvalue weighted by molar-refractivity contribution is 5.42. The molecule has 0 radical (unpaired) electrons. The number of pyridine rings is 1. The molecule has 1 N–H and O–H groups in total. The van der Waals surface area contributed by atoms with E-state index in [9.17, 15) is 4.39 Å². The van der Waals surface area contributed by atoms with Gasteiger partial charge in [-0.2, -0.15) is 4.39 Å². The van der Waals surface area contributed by atoms with Gasteiger partial charge in [0, 0.05) is 24.0 Å². The van der Waals surface area contributed by atoms with Gasteiger partial charge >= 0.3 is 0 Å². The third-order valence-electron chi connectivity index (χ3n) is 3.64. The summed E-state index contributed by atoms with van der Waals surface area (Å²) in [6.45, 7) is 2.25. The van der Waals surface area contributed by atoms with Gasteiger partial charge in [0.15, 0.2) is 0 Å². The van der Waals surface area contributed by atoms with Crippen molar-refractivity contribution in [3.63, 3.8) is 0 Å². The van der Waals surface area contributed by atoms with Gasteiger partial charge in [-0.15, -0.1) is 0 Å². The average Bonchev–Trinajstić information content (AvgIpc) is 2.32. The molecule has 1 aliphatic rings. The normalized spacial score (nSPS) is 24.6. The second-order valence-corrected chi connectivity index (χ2v) is 5.02. The maximum absolute atomic E-state index is 12.9. The first-order valence-corrected chi connectivity index (χ1v) is 6.66.